The van der Waals surface area contributed by atoms with Crippen molar-refractivity contribution < 1.29 is 14.7 Å². The molecule has 2 aromatic heterocycles. The number of benzene rings is 2. The van der Waals surface area contributed by atoms with Gasteiger partial charge in [0, 0.05) is 36.9 Å². The number of imidazole rings is 1. The zero-order chi connectivity index (χ0) is 26.4. The van der Waals surface area contributed by atoms with Gasteiger partial charge in [-0.15, -0.1) is 0 Å². The lowest BCUT2D eigenvalue weighted by molar-refractivity contribution is -0.141. The van der Waals surface area contributed by atoms with E-state index in [9.17, 15) is 14.7 Å². The van der Waals surface area contributed by atoms with Crippen LogP contribution in [-0.2, 0) is 9.59 Å². The van der Waals surface area contributed by atoms with E-state index in [0.29, 0.717) is 29.3 Å². The Morgan fingerprint density at radius 3 is 2.32 bits per heavy atom. The summed E-state index contributed by atoms with van der Waals surface area (Å²) < 4.78 is 1.84. The lowest BCUT2D eigenvalue weighted by atomic mass is 9.97. The van der Waals surface area contributed by atoms with Crippen molar-refractivity contribution >= 4 is 11.9 Å². The molecule has 0 unspecified atom stereocenters. The number of H-pyrrole nitrogens is 1. The Bertz CT molecular complexity index is 1380. The monoisotopic (exact) mass is 495 g/mol. The van der Waals surface area contributed by atoms with Crippen molar-refractivity contribution in [2.75, 3.05) is 0 Å². The molecule has 3 N–H and O–H groups in total. The highest BCUT2D eigenvalue weighted by Crippen LogP contribution is 2.26. The van der Waals surface area contributed by atoms with Crippen LogP contribution in [0.3, 0.4) is 0 Å². The minimum absolute atomic E-state index is 0.174. The molecule has 0 radical (unpaired) electrons. The van der Waals surface area contributed by atoms with Gasteiger partial charge in [0.15, 0.2) is 0 Å². The Morgan fingerprint density at radius 2 is 1.76 bits per heavy atom. The van der Waals surface area contributed by atoms with Crippen LogP contribution in [-0.4, -0.2) is 31.5 Å². The van der Waals surface area contributed by atoms with Gasteiger partial charge in [-0.3, -0.25) is 9.59 Å². The molecule has 8 nitrogen and oxygen atoms in total. The van der Waals surface area contributed by atoms with Crippen LogP contribution in [0.25, 0.3) is 16.8 Å². The molecule has 0 aliphatic carbocycles. The van der Waals surface area contributed by atoms with E-state index in [1.165, 1.54) is 0 Å². The molecule has 0 fully saturated rings. The highest BCUT2D eigenvalue weighted by atomic mass is 16.4. The molecule has 8 heteroatoms. The second kappa shape index (κ2) is 11.4. The normalized spacial score (nSPS) is 12.6. The first-order valence-corrected chi connectivity index (χ1v) is 12.1. The number of carboxylic acid groups (broad SMARTS) is 1. The van der Waals surface area contributed by atoms with Crippen LogP contribution >= 0.6 is 0 Å². The zero-order valence-electron chi connectivity index (χ0n) is 20.8. The van der Waals surface area contributed by atoms with Crippen molar-refractivity contribution in [3.63, 3.8) is 0 Å². The summed E-state index contributed by atoms with van der Waals surface area (Å²) in [7, 11) is 0. The van der Waals surface area contributed by atoms with Gasteiger partial charge in [-0.25, -0.2) is 4.98 Å². The summed E-state index contributed by atoms with van der Waals surface area (Å²) >= 11 is 0. The van der Waals surface area contributed by atoms with Crippen LogP contribution in [0.1, 0.15) is 55.6 Å². The molecule has 2 heterocycles. The van der Waals surface area contributed by atoms with Crippen LogP contribution in [0, 0.1) is 17.2 Å². The maximum atomic E-state index is 12.9. The van der Waals surface area contributed by atoms with Crippen molar-refractivity contribution in [3.05, 3.63) is 96.3 Å². The molecule has 0 spiro atoms. The average molecular weight is 496 g/mol. The van der Waals surface area contributed by atoms with Crippen molar-refractivity contribution in [2.45, 2.75) is 38.6 Å². The second-order valence-electron chi connectivity index (χ2n) is 9.41. The van der Waals surface area contributed by atoms with Gasteiger partial charge in [0.1, 0.15) is 5.82 Å². The molecule has 1 amide bonds. The SMILES string of the molecule is CC(C)C[C@H](NC(=O)C[C@H](C(=O)O)c1ccn(-c2ccc(-c3ccc(C#N)cc3)cc2)c1)c1ncc[nH]1. The van der Waals surface area contributed by atoms with Crippen LogP contribution in [0.15, 0.2) is 79.4 Å². The van der Waals surface area contributed by atoms with Gasteiger partial charge in [0.05, 0.1) is 23.6 Å². The average Bonchev–Trinajstić information content (AvgIpc) is 3.60. The summed E-state index contributed by atoms with van der Waals surface area (Å²) in [4.78, 5) is 32.3. The molecule has 0 bridgehead atoms. The molecule has 0 saturated carbocycles. The van der Waals surface area contributed by atoms with Gasteiger partial charge in [-0.2, -0.15) is 5.26 Å². The smallest absolute Gasteiger partial charge is 0.311 e. The number of carboxylic acids is 1. The van der Waals surface area contributed by atoms with Crippen LogP contribution in [0.2, 0.25) is 0 Å². The minimum atomic E-state index is -1.05. The van der Waals surface area contributed by atoms with E-state index in [2.05, 4.69) is 35.2 Å². The first kappa shape index (κ1) is 25.5. The Labute approximate surface area is 215 Å². The lowest BCUT2D eigenvalue weighted by Gasteiger charge is -2.20. The number of carbonyl (C=O) groups is 2. The molecule has 0 saturated heterocycles. The number of nitrogens with one attached hydrogen (secondary N) is 2. The van der Waals surface area contributed by atoms with E-state index >= 15 is 0 Å². The molecular weight excluding hydrogens is 466 g/mol. The first-order valence-electron chi connectivity index (χ1n) is 12.1. The maximum Gasteiger partial charge on any atom is 0.311 e. The van der Waals surface area contributed by atoms with Gasteiger partial charge in [-0.05, 0) is 59.4 Å². The van der Waals surface area contributed by atoms with E-state index in [4.69, 9.17) is 5.26 Å². The molecule has 4 rings (SSSR count). The molecule has 37 heavy (non-hydrogen) atoms. The highest BCUT2D eigenvalue weighted by Gasteiger charge is 2.26. The number of hydrogen-bond acceptors (Lipinski definition) is 4. The number of hydrogen-bond donors (Lipinski definition) is 3. The summed E-state index contributed by atoms with van der Waals surface area (Å²) in [6, 6.07) is 18.7. The largest absolute Gasteiger partial charge is 0.481 e. The zero-order valence-corrected chi connectivity index (χ0v) is 20.8. The van der Waals surface area contributed by atoms with E-state index in [1.54, 1.807) is 43.0 Å². The Morgan fingerprint density at radius 1 is 1.08 bits per heavy atom. The van der Waals surface area contributed by atoms with Crippen molar-refractivity contribution in [1.29, 1.82) is 5.26 Å². The van der Waals surface area contributed by atoms with E-state index < -0.39 is 11.9 Å². The predicted octanol–water partition coefficient (Wildman–Crippen LogP) is 5.20. The lowest BCUT2D eigenvalue weighted by Crippen LogP contribution is -2.32. The molecule has 188 valence electrons. The first-order chi connectivity index (χ1) is 17.8. The maximum absolute atomic E-state index is 12.9. The third-order valence-corrected chi connectivity index (χ3v) is 6.21. The van der Waals surface area contributed by atoms with Crippen LogP contribution < -0.4 is 5.32 Å². The Hall–Kier alpha value is -4.64. The number of rotatable bonds is 10. The number of carbonyl (C=O) groups excluding carboxylic acids is 1. The van der Waals surface area contributed by atoms with Gasteiger partial charge >= 0.3 is 5.97 Å². The summed E-state index contributed by atoms with van der Waals surface area (Å²) in [6.07, 6.45) is 7.40. The Balaban J connectivity index is 1.46. The molecule has 0 aliphatic heterocycles. The number of nitriles is 1. The molecular formula is C29H29N5O3. The number of aromatic amines is 1. The summed E-state index contributed by atoms with van der Waals surface area (Å²) in [5, 5.41) is 21.8. The molecule has 2 atom stereocenters. The summed E-state index contributed by atoms with van der Waals surface area (Å²) in [5.74, 6) is -1.39. The standard InChI is InChI=1S/C29H29N5O3/c1-19(2)15-26(28-31-12-13-32-28)33-27(35)16-25(29(36)37)23-11-14-34(18-23)24-9-7-22(8-10-24)21-5-3-20(17-30)4-6-21/h3-14,18-19,25-26H,15-16H2,1-2H3,(H,31,32)(H,33,35)(H,36,37)/t25-,26-/m0/s1. The fraction of sp³-hybridized carbons (Fsp3) is 0.241. The number of amides is 1. The third kappa shape index (κ3) is 6.33. The molecule has 2 aromatic carbocycles. The number of aromatic nitrogens is 3. The highest BCUT2D eigenvalue weighted by molar-refractivity contribution is 5.86. The fourth-order valence-corrected chi connectivity index (χ4v) is 4.31. The van der Waals surface area contributed by atoms with Crippen molar-refractivity contribution in [3.8, 4) is 22.9 Å². The number of aliphatic carboxylic acids is 1. The topological polar surface area (TPSA) is 124 Å². The summed E-state index contributed by atoms with van der Waals surface area (Å²) in [6.45, 7) is 4.11. The van der Waals surface area contributed by atoms with E-state index in [0.717, 1.165) is 16.8 Å². The van der Waals surface area contributed by atoms with Gasteiger partial charge in [0.2, 0.25) is 5.91 Å². The fourth-order valence-electron chi connectivity index (χ4n) is 4.31. The van der Waals surface area contributed by atoms with Gasteiger partial charge in [-0.1, -0.05) is 38.1 Å². The predicted molar refractivity (Wildman–Crippen MR) is 140 cm³/mol. The Kier molecular flexibility index (Phi) is 7.84. The quantitative estimate of drug-likeness (QED) is 0.279. The van der Waals surface area contributed by atoms with Gasteiger partial charge in [0.25, 0.3) is 0 Å². The molecule has 0 aliphatic rings. The van der Waals surface area contributed by atoms with Crippen molar-refractivity contribution in [2.24, 2.45) is 5.92 Å². The minimum Gasteiger partial charge on any atom is -0.481 e. The third-order valence-electron chi connectivity index (χ3n) is 6.21. The number of nitrogens with zero attached hydrogens (tertiary/aromatic N) is 3. The van der Waals surface area contributed by atoms with Gasteiger partial charge < -0.3 is 20.0 Å². The van der Waals surface area contributed by atoms with Crippen LogP contribution in [0.5, 0.6) is 0 Å². The van der Waals surface area contributed by atoms with Crippen molar-refractivity contribution in [1.82, 2.24) is 19.9 Å². The summed E-state index contributed by atoms with van der Waals surface area (Å²) in [5.41, 5.74) is 4.04. The molecule has 4 aromatic rings. The van der Waals surface area contributed by atoms with E-state index in [1.807, 2.05) is 41.0 Å². The van der Waals surface area contributed by atoms with E-state index in [-0.39, 0.29) is 18.4 Å². The second-order valence-corrected chi connectivity index (χ2v) is 9.41. The van der Waals surface area contributed by atoms with Crippen LogP contribution in [0.4, 0.5) is 0 Å².